The molecule has 0 aromatic carbocycles. The highest BCUT2D eigenvalue weighted by Crippen LogP contribution is 2.50. The molecule has 6 bridgehead atoms. The molecule has 0 amide bonds. The first-order chi connectivity index (χ1) is 44.7. The number of hydrogen-bond donors (Lipinski definition) is 1. The van der Waals surface area contributed by atoms with Crippen molar-refractivity contribution in [1.29, 1.82) is 0 Å². The van der Waals surface area contributed by atoms with Crippen molar-refractivity contribution in [2.24, 2.45) is 11.8 Å². The number of aliphatic hydroxyl groups is 1. The third-order valence-corrected chi connectivity index (χ3v) is 53.6. The van der Waals surface area contributed by atoms with Gasteiger partial charge in [-0.15, -0.1) is 0 Å². The summed E-state index contributed by atoms with van der Waals surface area (Å²) >= 11 is 0. The Bertz CT molecular complexity index is 2600. The number of carbonyl (C=O) groups excluding carboxylic acids is 1. The number of aliphatic hydroxyl groups excluding tert-OH is 1. The molecule has 570 valence electrons. The Kier molecular flexibility index (Phi) is 29.4. The first kappa shape index (κ1) is 86.4. The predicted molar refractivity (Wildman–Crippen MR) is 418 cm³/mol. The lowest BCUT2D eigenvalue weighted by atomic mass is 9.80. The van der Waals surface area contributed by atoms with Crippen molar-refractivity contribution in [3.05, 3.63) is 36.5 Å². The Hall–Kier alpha value is -0.489. The van der Waals surface area contributed by atoms with Crippen molar-refractivity contribution in [2.45, 2.75) is 435 Å². The first-order valence-corrected chi connectivity index (χ1v) is 56.0. The molecule has 19 atom stereocenters. The zero-order valence-corrected chi connectivity index (χ0v) is 74.3. The van der Waals surface area contributed by atoms with Crippen molar-refractivity contribution in [2.75, 3.05) is 6.61 Å². The van der Waals surface area contributed by atoms with Crippen molar-refractivity contribution < 1.29 is 64.9 Å². The van der Waals surface area contributed by atoms with Gasteiger partial charge in [-0.1, -0.05) is 164 Å². The summed E-state index contributed by atoms with van der Waals surface area (Å²) < 4.78 is 89.5. The van der Waals surface area contributed by atoms with Gasteiger partial charge in [-0.25, -0.2) is 0 Å². The summed E-state index contributed by atoms with van der Waals surface area (Å²) in [7, 11) is -14.4. The molecule has 15 unspecified atom stereocenters. The summed E-state index contributed by atoms with van der Waals surface area (Å²) in [6.45, 7) is 78.9. The monoisotopic (exact) mass is 1480 g/mol. The average molecular weight is 1480 g/mol. The molecule has 5 fully saturated rings. The van der Waals surface area contributed by atoms with Gasteiger partial charge in [-0.3, -0.25) is 4.79 Å². The van der Waals surface area contributed by atoms with Gasteiger partial charge in [-0.05, 0) is 190 Å². The maximum absolute atomic E-state index is 15.5. The van der Waals surface area contributed by atoms with Crippen LogP contribution in [0.4, 0.5) is 0 Å². The molecule has 0 aromatic heterocycles. The Morgan fingerprint density at radius 2 is 1.05 bits per heavy atom. The molecular formula is C78H150O14Si6. The predicted octanol–water partition coefficient (Wildman–Crippen LogP) is 20.1. The van der Waals surface area contributed by atoms with E-state index in [1.54, 1.807) is 0 Å². The number of ether oxygens (including phenoxy) is 6. The Labute approximate surface area is 606 Å². The summed E-state index contributed by atoms with van der Waals surface area (Å²) in [6.07, 6.45) is 5.86. The van der Waals surface area contributed by atoms with Crippen LogP contribution in [-0.4, -0.2) is 171 Å². The van der Waals surface area contributed by atoms with Crippen LogP contribution < -0.4 is 0 Å². The number of allylic oxidation sites excluding steroid dienone is 1. The Morgan fingerprint density at radius 3 is 1.60 bits per heavy atom. The van der Waals surface area contributed by atoms with Crippen molar-refractivity contribution in [1.82, 2.24) is 0 Å². The van der Waals surface area contributed by atoms with E-state index in [0.717, 1.165) is 55.0 Å². The fourth-order valence-corrected chi connectivity index (χ4v) is 23.3. The molecule has 7 heterocycles. The fourth-order valence-electron chi connectivity index (χ4n) is 14.1. The van der Waals surface area contributed by atoms with E-state index in [4.69, 9.17) is 61.6 Å². The number of rotatable bonds is 17. The van der Waals surface area contributed by atoms with Crippen LogP contribution >= 0.6 is 0 Å². The van der Waals surface area contributed by atoms with Crippen LogP contribution in [0, 0.1) is 11.8 Å². The van der Waals surface area contributed by atoms with E-state index < -0.39 is 117 Å². The number of hydrogen-bond acceptors (Lipinski definition) is 14. The zero-order valence-electron chi connectivity index (χ0n) is 68.3. The van der Waals surface area contributed by atoms with Crippen LogP contribution in [0.1, 0.15) is 222 Å². The van der Waals surface area contributed by atoms with Crippen LogP contribution in [0.5, 0.6) is 0 Å². The summed E-state index contributed by atoms with van der Waals surface area (Å²) in [5.74, 6) is -0.713. The number of carbonyl (C=O) groups is 1. The standard InChI is InChI=1S/C78H150O14Si6/c1-33-98(34-2,35-3)90-63-50-65-69(55(7)68-66(84-65)51-64(89-95(27,28)76(14,15)16)60(85-68)45-46-81-93(23,24)74(8,9)10)87-67(80)49-58-42-44-61-70(83-58)72(91-96(29,30)77(17,18)19)73(92-97(31,32)78(20,21)22)71(86-61)62(88-94(25,26)75(11,12)13)40-38-36-37-39-57-48-53(5)59(82-57)43-41-56(79)47-52(4)54(63)6/h38,40,52,55-66,68-73,79H,5-6,33-37,39,41-51H2,1-4,7-32H3/b40-38+/t52?,55-,56?,57?,58+,59?,60?,61-,62?,63?,64?,65-,66?,68?,69?,70?,71?,72?,73?/m0/s1. The second kappa shape index (κ2) is 33.3. The lowest BCUT2D eigenvalue weighted by molar-refractivity contribution is -0.274. The van der Waals surface area contributed by atoms with Crippen LogP contribution in [0.25, 0.3) is 0 Å². The third-order valence-electron chi connectivity index (χ3n) is 26.5. The topological polar surface area (TPSA) is 148 Å². The minimum absolute atomic E-state index is 0.0347. The molecule has 98 heavy (non-hydrogen) atoms. The van der Waals surface area contributed by atoms with Crippen molar-refractivity contribution >= 4 is 55.9 Å². The highest BCUT2D eigenvalue weighted by Gasteiger charge is 2.60. The number of fused-ring (bicyclic) bond motifs is 16. The molecule has 0 saturated carbocycles. The molecule has 14 nitrogen and oxygen atoms in total. The fraction of sp³-hybridized carbons (Fsp3) is 0.910. The molecule has 0 spiro atoms. The molecule has 7 aliphatic rings. The van der Waals surface area contributed by atoms with E-state index in [-0.39, 0.29) is 86.0 Å². The Morgan fingerprint density at radius 1 is 0.531 bits per heavy atom. The van der Waals surface area contributed by atoms with E-state index in [2.05, 4.69) is 223 Å². The quantitative estimate of drug-likeness (QED) is 0.0836. The average Bonchev–Trinajstić information content (AvgIpc) is 0.868. The second-order valence-corrected chi connectivity index (χ2v) is 67.4. The van der Waals surface area contributed by atoms with Crippen molar-refractivity contribution in [3.63, 3.8) is 0 Å². The summed E-state index contributed by atoms with van der Waals surface area (Å²) in [5, 5.41) is 11.6. The molecule has 20 heteroatoms. The lowest BCUT2D eigenvalue weighted by Crippen LogP contribution is -2.69. The zero-order chi connectivity index (χ0) is 74.1. The van der Waals surface area contributed by atoms with Gasteiger partial charge in [0.2, 0.25) is 0 Å². The summed E-state index contributed by atoms with van der Waals surface area (Å²) in [4.78, 5) is 15.5. The Balaban J connectivity index is 1.49. The van der Waals surface area contributed by atoms with E-state index in [9.17, 15) is 5.11 Å². The highest BCUT2D eigenvalue weighted by atomic mass is 28.4. The van der Waals surface area contributed by atoms with Crippen LogP contribution in [-0.2, 0) is 59.8 Å². The highest BCUT2D eigenvalue weighted by molar-refractivity contribution is 6.76. The van der Waals surface area contributed by atoms with Crippen molar-refractivity contribution in [3.8, 4) is 0 Å². The summed E-state index contributed by atoms with van der Waals surface area (Å²) in [5.41, 5.74) is 2.05. The lowest BCUT2D eigenvalue weighted by Gasteiger charge is -2.56. The van der Waals surface area contributed by atoms with Gasteiger partial charge in [0.05, 0.1) is 79.7 Å². The van der Waals surface area contributed by atoms with E-state index >= 15 is 4.79 Å². The summed E-state index contributed by atoms with van der Waals surface area (Å²) in [6, 6.07) is 2.84. The molecule has 5 saturated heterocycles. The minimum Gasteiger partial charge on any atom is -0.459 e. The van der Waals surface area contributed by atoms with Gasteiger partial charge in [0.15, 0.2) is 49.9 Å². The molecule has 1 N–H and O–H groups in total. The van der Waals surface area contributed by atoms with E-state index in [1.807, 2.05) is 0 Å². The maximum Gasteiger partial charge on any atom is 0.308 e. The smallest absolute Gasteiger partial charge is 0.308 e. The molecular weight excluding hydrogens is 1330 g/mol. The van der Waals surface area contributed by atoms with Crippen LogP contribution in [0.2, 0.25) is 109 Å². The van der Waals surface area contributed by atoms with Gasteiger partial charge in [0.1, 0.15) is 30.5 Å². The third kappa shape index (κ3) is 21.4. The van der Waals surface area contributed by atoms with Gasteiger partial charge in [0.25, 0.3) is 0 Å². The maximum atomic E-state index is 15.5. The van der Waals surface area contributed by atoms with Gasteiger partial charge < -0.3 is 60.1 Å². The molecule has 0 radical (unpaired) electrons. The van der Waals surface area contributed by atoms with Gasteiger partial charge in [0, 0.05) is 25.4 Å². The molecule has 7 rings (SSSR count). The number of esters is 1. The molecule has 7 aliphatic heterocycles. The van der Waals surface area contributed by atoms with Crippen LogP contribution in [0.3, 0.4) is 0 Å². The largest absolute Gasteiger partial charge is 0.459 e. The van der Waals surface area contributed by atoms with E-state index in [1.165, 1.54) is 0 Å². The normalized spacial score (nSPS) is 34.8. The minimum atomic E-state index is -2.58. The van der Waals surface area contributed by atoms with Crippen LogP contribution in [0.15, 0.2) is 36.5 Å². The second-order valence-electron chi connectivity index (χ2n) is 38.9. The van der Waals surface area contributed by atoms with Gasteiger partial charge in [-0.2, -0.15) is 0 Å². The molecule has 0 aromatic rings. The SMILES string of the molecule is C=C1CC2CCC/C=C/C(O[Si](C)(C)C(C)(C)C)C3O[C@H]4CC[C@H](CC(=O)OC5[C@@H](C)C6OC(CCO[Si](C)(C)C(C)(C)C)C(O[Si](C)(C)C(C)(C)C)CC6O[C@H]5CC(O[Si](CC)(CC)CC)C(=C)C(C)CC(O)CCC1O2)OC4C(O[Si](C)(C)C(C)(C)C)C3O[Si](C)(C)C(C)(C)C. The molecule has 0 aliphatic carbocycles. The first-order valence-electron chi connectivity index (χ1n) is 38.9. The van der Waals surface area contributed by atoms with Gasteiger partial charge >= 0.3 is 5.97 Å². The van der Waals surface area contributed by atoms with E-state index in [0.29, 0.717) is 58.0 Å².